The summed E-state index contributed by atoms with van der Waals surface area (Å²) in [5.41, 5.74) is 0.711. The molecule has 0 radical (unpaired) electrons. The quantitative estimate of drug-likeness (QED) is 0.798. The minimum atomic E-state index is -0.422. The van der Waals surface area contributed by atoms with Crippen molar-refractivity contribution in [3.63, 3.8) is 0 Å². The topological polar surface area (TPSA) is 29.5 Å². The number of hydrogen-bond donors (Lipinski definition) is 0. The van der Waals surface area contributed by atoms with Crippen molar-refractivity contribution in [2.24, 2.45) is 0 Å². The summed E-state index contributed by atoms with van der Waals surface area (Å²) in [6.45, 7) is 3.45. The molecule has 20 heavy (non-hydrogen) atoms. The first-order valence-electron chi connectivity index (χ1n) is 6.97. The molecule has 0 aliphatic carbocycles. The molecule has 3 nitrogen and oxygen atoms in total. The molecule has 0 N–H and O–H groups in total. The van der Waals surface area contributed by atoms with Crippen LogP contribution >= 0.6 is 11.6 Å². The molecular weight excluding hydrogens is 281 g/mol. The number of benzene rings is 1. The van der Waals surface area contributed by atoms with Crippen LogP contribution in [0, 0.1) is 5.82 Å². The third kappa shape index (κ3) is 3.49. The largest absolute Gasteiger partial charge is 0.465 e. The Morgan fingerprint density at radius 2 is 2.30 bits per heavy atom. The maximum absolute atomic E-state index is 13.5. The lowest BCUT2D eigenvalue weighted by Gasteiger charge is -2.34. The van der Waals surface area contributed by atoms with Gasteiger partial charge in [-0.3, -0.25) is 9.69 Å². The van der Waals surface area contributed by atoms with Gasteiger partial charge in [-0.05, 0) is 37.9 Å². The fraction of sp³-hybridized carbons (Fsp3) is 0.533. The molecule has 1 fully saturated rings. The van der Waals surface area contributed by atoms with Crippen LogP contribution in [0.5, 0.6) is 0 Å². The van der Waals surface area contributed by atoms with Gasteiger partial charge in [0.1, 0.15) is 11.9 Å². The van der Waals surface area contributed by atoms with Gasteiger partial charge in [-0.15, -0.1) is 0 Å². The van der Waals surface area contributed by atoms with E-state index in [0.717, 1.165) is 25.8 Å². The molecule has 5 heteroatoms. The number of ether oxygens (including phenoxy) is 1. The average molecular weight is 300 g/mol. The molecule has 1 heterocycles. The van der Waals surface area contributed by atoms with Crippen molar-refractivity contribution in [1.29, 1.82) is 0 Å². The van der Waals surface area contributed by atoms with Crippen LogP contribution in [0.2, 0.25) is 5.02 Å². The van der Waals surface area contributed by atoms with Crippen molar-refractivity contribution in [3.05, 3.63) is 34.6 Å². The van der Waals surface area contributed by atoms with E-state index < -0.39 is 5.82 Å². The predicted molar refractivity (Wildman–Crippen MR) is 76.1 cm³/mol. The molecule has 1 aliphatic rings. The van der Waals surface area contributed by atoms with Gasteiger partial charge in [0.25, 0.3) is 0 Å². The van der Waals surface area contributed by atoms with Gasteiger partial charge in [-0.2, -0.15) is 0 Å². The van der Waals surface area contributed by atoms with E-state index in [2.05, 4.69) is 0 Å². The van der Waals surface area contributed by atoms with Crippen molar-refractivity contribution in [2.75, 3.05) is 13.2 Å². The summed E-state index contributed by atoms with van der Waals surface area (Å²) in [5.74, 6) is -0.617. The van der Waals surface area contributed by atoms with E-state index in [1.54, 1.807) is 19.1 Å². The number of carbonyl (C=O) groups excluding carboxylic acids is 1. The van der Waals surface area contributed by atoms with Crippen LogP contribution in [0.25, 0.3) is 0 Å². The highest BCUT2D eigenvalue weighted by Gasteiger charge is 2.30. The Hall–Kier alpha value is -1.13. The summed E-state index contributed by atoms with van der Waals surface area (Å²) in [4.78, 5) is 14.0. The van der Waals surface area contributed by atoms with Gasteiger partial charge in [-0.1, -0.05) is 30.2 Å². The predicted octanol–water partition coefficient (Wildman–Crippen LogP) is 3.40. The van der Waals surface area contributed by atoms with Crippen LogP contribution < -0.4 is 0 Å². The number of carbonyl (C=O) groups is 1. The van der Waals surface area contributed by atoms with Gasteiger partial charge in [0.2, 0.25) is 0 Å². The lowest BCUT2D eigenvalue weighted by atomic mass is 10.0. The van der Waals surface area contributed by atoms with Gasteiger partial charge in [-0.25, -0.2) is 4.39 Å². The van der Waals surface area contributed by atoms with E-state index in [1.807, 2.05) is 4.90 Å². The molecule has 1 saturated heterocycles. The number of esters is 1. The minimum Gasteiger partial charge on any atom is -0.465 e. The van der Waals surface area contributed by atoms with Crippen molar-refractivity contribution in [3.8, 4) is 0 Å². The molecule has 0 amide bonds. The normalized spacial score (nSPS) is 19.9. The molecule has 0 saturated carbocycles. The number of halogens is 2. The number of rotatable bonds is 4. The minimum absolute atomic E-state index is 0.140. The van der Waals surface area contributed by atoms with Crippen molar-refractivity contribution in [2.45, 2.75) is 38.8 Å². The van der Waals surface area contributed by atoms with Crippen LogP contribution in [-0.2, 0) is 16.1 Å². The molecule has 1 unspecified atom stereocenters. The first kappa shape index (κ1) is 15.3. The van der Waals surface area contributed by atoms with Crippen LogP contribution in [0.3, 0.4) is 0 Å². The van der Waals surface area contributed by atoms with E-state index >= 15 is 0 Å². The smallest absolute Gasteiger partial charge is 0.323 e. The fourth-order valence-electron chi connectivity index (χ4n) is 2.57. The highest BCUT2D eigenvalue weighted by atomic mass is 35.5. The molecule has 110 valence electrons. The van der Waals surface area contributed by atoms with Crippen LogP contribution in [0.15, 0.2) is 18.2 Å². The first-order chi connectivity index (χ1) is 9.63. The summed E-state index contributed by atoms with van der Waals surface area (Å²) in [6, 6.07) is 4.52. The molecule has 0 spiro atoms. The number of nitrogens with zero attached hydrogens (tertiary/aromatic N) is 1. The highest BCUT2D eigenvalue weighted by Crippen LogP contribution is 2.25. The lowest BCUT2D eigenvalue weighted by Crippen LogP contribution is -2.45. The Kier molecular flexibility index (Phi) is 5.38. The summed E-state index contributed by atoms with van der Waals surface area (Å²) >= 11 is 5.98. The van der Waals surface area contributed by atoms with E-state index in [9.17, 15) is 9.18 Å². The summed E-state index contributed by atoms with van der Waals surface area (Å²) in [6.07, 6.45) is 2.82. The van der Waals surface area contributed by atoms with E-state index in [0.29, 0.717) is 18.7 Å². The third-order valence-electron chi connectivity index (χ3n) is 3.58. The first-order valence-corrected chi connectivity index (χ1v) is 7.35. The van der Waals surface area contributed by atoms with E-state index in [1.165, 1.54) is 6.07 Å². The number of likely N-dealkylation sites (tertiary alicyclic amines) is 1. The zero-order valence-corrected chi connectivity index (χ0v) is 12.3. The number of hydrogen-bond acceptors (Lipinski definition) is 3. The van der Waals surface area contributed by atoms with E-state index in [4.69, 9.17) is 16.3 Å². The molecule has 1 aromatic carbocycles. The fourth-order valence-corrected chi connectivity index (χ4v) is 2.76. The van der Waals surface area contributed by atoms with Gasteiger partial charge < -0.3 is 4.74 Å². The Morgan fingerprint density at radius 3 is 3.05 bits per heavy atom. The van der Waals surface area contributed by atoms with Gasteiger partial charge in [0.15, 0.2) is 0 Å². The lowest BCUT2D eigenvalue weighted by molar-refractivity contribution is -0.151. The highest BCUT2D eigenvalue weighted by molar-refractivity contribution is 6.31. The average Bonchev–Trinajstić information content (AvgIpc) is 2.45. The summed E-state index contributed by atoms with van der Waals surface area (Å²) < 4.78 is 18.6. The molecule has 1 aromatic rings. The Morgan fingerprint density at radius 1 is 1.50 bits per heavy atom. The Labute approximate surface area is 123 Å². The summed E-state index contributed by atoms with van der Waals surface area (Å²) in [5, 5.41) is 0.140. The third-order valence-corrected chi connectivity index (χ3v) is 4.00. The molecule has 1 atom stereocenters. The monoisotopic (exact) mass is 299 g/mol. The SMILES string of the molecule is CCOC(=O)C1CCCCN1Cc1cccc(F)c1Cl. The maximum atomic E-state index is 13.5. The van der Waals surface area contributed by atoms with Gasteiger partial charge >= 0.3 is 5.97 Å². The number of piperidine rings is 1. The molecule has 0 aromatic heterocycles. The van der Waals surface area contributed by atoms with Gasteiger partial charge in [0.05, 0.1) is 11.6 Å². The molecule has 1 aliphatic heterocycles. The zero-order chi connectivity index (χ0) is 14.5. The standard InChI is InChI=1S/C15H19ClFNO2/c1-2-20-15(19)13-8-3-4-9-18(13)10-11-6-5-7-12(17)14(11)16/h5-7,13H,2-4,8-10H2,1H3. The Bertz CT molecular complexity index is 481. The second-order valence-corrected chi connectivity index (χ2v) is 5.33. The summed E-state index contributed by atoms with van der Waals surface area (Å²) in [7, 11) is 0. The van der Waals surface area contributed by atoms with Gasteiger partial charge in [0, 0.05) is 6.54 Å². The zero-order valence-electron chi connectivity index (χ0n) is 11.6. The molecule has 2 rings (SSSR count). The van der Waals surface area contributed by atoms with E-state index in [-0.39, 0.29) is 17.0 Å². The molecular formula is C15H19ClFNO2. The van der Waals surface area contributed by atoms with Crippen molar-refractivity contribution in [1.82, 2.24) is 4.90 Å². The molecule has 0 bridgehead atoms. The maximum Gasteiger partial charge on any atom is 0.323 e. The Balaban J connectivity index is 2.12. The second-order valence-electron chi connectivity index (χ2n) is 4.95. The second kappa shape index (κ2) is 7.04. The van der Waals surface area contributed by atoms with Crippen molar-refractivity contribution >= 4 is 17.6 Å². The van der Waals surface area contributed by atoms with Crippen molar-refractivity contribution < 1.29 is 13.9 Å². The van der Waals surface area contributed by atoms with Crippen LogP contribution in [0.1, 0.15) is 31.7 Å². The van der Waals surface area contributed by atoms with Crippen LogP contribution in [-0.4, -0.2) is 30.1 Å². The van der Waals surface area contributed by atoms with Crippen LogP contribution in [0.4, 0.5) is 4.39 Å².